The van der Waals surface area contributed by atoms with Crippen molar-refractivity contribution in [1.82, 2.24) is 52.8 Å². The van der Waals surface area contributed by atoms with E-state index < -0.39 is 139 Å². The summed E-state index contributed by atoms with van der Waals surface area (Å²) in [5.74, 6) is -9.07. The van der Waals surface area contributed by atoms with Gasteiger partial charge < -0.3 is 115 Å². The zero-order valence-corrected chi connectivity index (χ0v) is 49.2. The van der Waals surface area contributed by atoms with Crippen LogP contribution in [0.25, 0.3) is 0 Å². The fourth-order valence-electron chi connectivity index (χ4n) is 8.67. The first-order valence-corrected chi connectivity index (χ1v) is 29.2. The van der Waals surface area contributed by atoms with Gasteiger partial charge in [0.1, 0.15) is 48.0 Å². The molecular formula is C52H99N21O12. The number of guanidine groups is 1. The van der Waals surface area contributed by atoms with E-state index in [-0.39, 0.29) is 89.2 Å². The van der Waals surface area contributed by atoms with Crippen LogP contribution in [0.5, 0.6) is 0 Å². The van der Waals surface area contributed by atoms with E-state index in [4.69, 9.17) is 57.3 Å². The minimum absolute atomic E-state index is 0.00594. The van der Waals surface area contributed by atoms with Crippen molar-refractivity contribution < 1.29 is 57.8 Å². The molecule has 1 saturated heterocycles. The van der Waals surface area contributed by atoms with Crippen LogP contribution in [-0.2, 0) is 52.7 Å². The molecule has 1 heterocycles. The quantitative estimate of drug-likeness (QED) is 0.0117. The molecule has 33 heteroatoms. The fourth-order valence-corrected chi connectivity index (χ4v) is 8.67. The number of rotatable bonds is 45. The second-order valence-corrected chi connectivity index (χ2v) is 20.6. The van der Waals surface area contributed by atoms with Crippen LogP contribution in [0.3, 0.4) is 0 Å². The van der Waals surface area contributed by atoms with Crippen LogP contribution in [0.15, 0.2) is 16.8 Å². The molecule has 0 saturated carbocycles. The molecular weight excluding hydrogens is 1110 g/mol. The Balaban J connectivity index is 3.36. The van der Waals surface area contributed by atoms with Crippen molar-refractivity contribution in [3.8, 4) is 0 Å². The monoisotopic (exact) mass is 1210 g/mol. The largest absolute Gasteiger partial charge is 0.389 e. The molecule has 0 aromatic carbocycles. The number of nitrogens with one attached hydrogen (secondary N) is 9. The van der Waals surface area contributed by atoms with E-state index in [1.807, 2.05) is 0 Å². The molecule has 1 aliphatic rings. The van der Waals surface area contributed by atoms with Gasteiger partial charge in [0.05, 0.1) is 18.7 Å². The van der Waals surface area contributed by atoms with Gasteiger partial charge in [-0.25, -0.2) is 0 Å². The number of nitrogens with zero attached hydrogens (tertiary/aromatic N) is 2. The van der Waals surface area contributed by atoms with Crippen LogP contribution >= 0.6 is 0 Å². The Morgan fingerprint density at radius 2 is 1.18 bits per heavy atom. The van der Waals surface area contributed by atoms with Gasteiger partial charge in [-0.15, -0.1) is 0 Å². The van der Waals surface area contributed by atoms with Crippen LogP contribution in [0.1, 0.15) is 122 Å². The Hall–Kier alpha value is -7.14. The Morgan fingerprint density at radius 3 is 1.76 bits per heavy atom. The van der Waals surface area contributed by atoms with Crippen molar-refractivity contribution in [2.45, 2.75) is 177 Å². The van der Waals surface area contributed by atoms with Crippen LogP contribution in [0.2, 0.25) is 0 Å². The Kier molecular flexibility index (Phi) is 38.8. The summed E-state index contributed by atoms with van der Waals surface area (Å²) in [6, 6.07) is -10.3. The maximum Gasteiger partial charge on any atom is 0.268 e. The molecule has 33 nitrogen and oxygen atoms in total. The smallest absolute Gasteiger partial charge is 0.268 e. The van der Waals surface area contributed by atoms with Gasteiger partial charge in [0.25, 0.3) is 5.91 Å². The third-order valence-electron chi connectivity index (χ3n) is 13.5. The molecule has 4 unspecified atom stereocenters. The normalized spacial score (nSPS) is 15.9. The number of hydrogen-bond acceptors (Lipinski definition) is 20. The van der Waals surface area contributed by atoms with E-state index in [0.29, 0.717) is 84.0 Å². The van der Waals surface area contributed by atoms with E-state index in [0.717, 1.165) is 0 Å². The lowest BCUT2D eigenvalue weighted by Crippen LogP contribution is -2.60. The average molecular weight is 1210 g/mol. The van der Waals surface area contributed by atoms with Crippen molar-refractivity contribution in [3.63, 3.8) is 0 Å². The van der Waals surface area contributed by atoms with Gasteiger partial charge in [-0.3, -0.25) is 57.7 Å². The number of amides is 11. The molecule has 0 aromatic rings. The average Bonchev–Trinajstić information content (AvgIpc) is 4.17. The number of likely N-dealkylation sites (tertiary alicyclic amines) is 1. The lowest BCUT2D eigenvalue weighted by atomic mass is 10.0. The highest BCUT2D eigenvalue weighted by Crippen LogP contribution is 2.21. The molecule has 0 aromatic heterocycles. The van der Waals surface area contributed by atoms with Crippen LogP contribution in [-0.4, -0.2) is 201 Å². The number of nitrogens with two attached hydrogens (primary N) is 10. The number of carbonyl (C=O) groups is 11. The number of carbonyl (C=O) groups excluding carboxylic acids is 11. The number of hydrogen-bond donors (Lipinski definition) is 20. The third-order valence-corrected chi connectivity index (χ3v) is 13.5. The lowest BCUT2D eigenvalue weighted by Gasteiger charge is -2.30. The summed E-state index contributed by atoms with van der Waals surface area (Å²) in [6.45, 7) is 2.01. The summed E-state index contributed by atoms with van der Waals surface area (Å²) in [5, 5.41) is 33.4. The Morgan fingerprint density at radius 1 is 0.600 bits per heavy atom. The van der Waals surface area contributed by atoms with E-state index in [2.05, 4.69) is 52.8 Å². The minimum atomic E-state index is -1.58. The number of aliphatic hydroxyl groups excluding tert-OH is 1. The maximum atomic E-state index is 14.3. The van der Waals surface area contributed by atoms with Gasteiger partial charge in [0.2, 0.25) is 59.1 Å². The summed E-state index contributed by atoms with van der Waals surface area (Å²) >= 11 is 0. The predicted molar refractivity (Wildman–Crippen MR) is 316 cm³/mol. The highest BCUT2D eigenvalue weighted by molar-refractivity contribution is 6.02. The van der Waals surface area contributed by atoms with Gasteiger partial charge in [-0.1, -0.05) is 12.5 Å². The predicted octanol–water partition coefficient (Wildman–Crippen LogP) is -8.42. The molecule has 1 aliphatic heterocycles. The second kappa shape index (κ2) is 43.5. The van der Waals surface area contributed by atoms with Gasteiger partial charge in [-0.2, -0.15) is 0 Å². The van der Waals surface area contributed by atoms with Crippen LogP contribution in [0, 0.1) is 0 Å². The third kappa shape index (κ3) is 30.5. The summed E-state index contributed by atoms with van der Waals surface area (Å²) in [5.41, 5.74) is 56.0. The van der Waals surface area contributed by atoms with E-state index in [1.165, 1.54) is 17.9 Å². The highest BCUT2D eigenvalue weighted by Gasteiger charge is 2.40. The Bertz CT molecular complexity index is 2200. The first kappa shape index (κ1) is 75.9. The molecule has 85 heavy (non-hydrogen) atoms. The molecule has 0 bridgehead atoms. The van der Waals surface area contributed by atoms with Gasteiger partial charge in [0.15, 0.2) is 5.96 Å². The van der Waals surface area contributed by atoms with Crippen molar-refractivity contribution in [2.75, 3.05) is 65.4 Å². The van der Waals surface area contributed by atoms with Gasteiger partial charge in [-0.05, 0) is 142 Å². The summed E-state index contributed by atoms with van der Waals surface area (Å²) in [6.07, 6.45) is 4.39. The van der Waals surface area contributed by atoms with E-state index >= 15 is 0 Å². The van der Waals surface area contributed by atoms with Crippen LogP contribution < -0.4 is 105 Å². The van der Waals surface area contributed by atoms with Crippen molar-refractivity contribution >= 4 is 70.9 Å². The molecule has 1 fully saturated rings. The second-order valence-electron chi connectivity index (χ2n) is 20.6. The molecule has 1 rings (SSSR count). The van der Waals surface area contributed by atoms with Gasteiger partial charge in [0, 0.05) is 32.6 Å². The van der Waals surface area contributed by atoms with Crippen LogP contribution in [0.4, 0.5) is 0 Å². The van der Waals surface area contributed by atoms with Crippen molar-refractivity contribution in [2.24, 2.45) is 62.3 Å². The number of aliphatic imine (C=N–C) groups is 1. The summed E-state index contributed by atoms with van der Waals surface area (Å²) in [7, 11) is 0. The number of unbranched alkanes of at least 4 members (excludes halogenated alkanes) is 4. The molecule has 30 N–H and O–H groups in total. The molecule has 0 spiro atoms. The highest BCUT2D eigenvalue weighted by atomic mass is 16.3. The fraction of sp³-hybridized carbons (Fsp3) is 0.731. The minimum Gasteiger partial charge on any atom is -0.389 e. The first-order chi connectivity index (χ1) is 40.5. The topological polar surface area (TPSA) is 592 Å². The molecule has 11 amide bonds. The zero-order chi connectivity index (χ0) is 63.9. The van der Waals surface area contributed by atoms with E-state index in [9.17, 15) is 57.8 Å². The lowest BCUT2D eigenvalue weighted by molar-refractivity contribution is -0.142. The van der Waals surface area contributed by atoms with Crippen molar-refractivity contribution in [3.05, 3.63) is 11.8 Å². The van der Waals surface area contributed by atoms with Gasteiger partial charge >= 0.3 is 0 Å². The number of primary amides is 1. The SMILES string of the molecule is CC(NC(=O)[C@@H](NC(=O)C(N)CCCCN)[C@@H](O)CN)C(=O)NCC(=O)N[C@H](CCCN)C(=O)N1CCCC1C(=O)NC(CCC(N)=O)C(=O)N[C@@H](CCCCN)C(=O)N/C(=C\CCN=C(N)N)C(=O)N[C@@H](CCCCN)C(=O)NCCCCN. The zero-order valence-electron chi connectivity index (χ0n) is 49.2. The van der Waals surface area contributed by atoms with E-state index in [1.54, 1.807) is 0 Å². The number of aliphatic hydroxyl groups is 1. The molecule has 484 valence electrons. The maximum absolute atomic E-state index is 14.3. The molecule has 9 atom stereocenters. The van der Waals surface area contributed by atoms with Crippen molar-refractivity contribution in [1.29, 1.82) is 0 Å². The Labute approximate surface area is 496 Å². The molecule has 0 aliphatic carbocycles. The summed E-state index contributed by atoms with van der Waals surface area (Å²) in [4.78, 5) is 154. The standard InChI is InChI=1S/C52H99N21O12/c1-31(66-50(84)42(39(74)29-58)72-44(78)32(59)13-2-5-21-53)43(77)65-30-41(76)67-37(16-10-25-57)51(85)73-28-12-18-38(73)49(83)71-36(19-20-40(60)75)48(82)69-34(15-4-7-23-55)46(80)70-35(17-11-27-64-52(61)62)47(81)68-33(14-3-6-22-54)45(79)63-26-9-8-24-56/h17,31-34,36-39,42,74H,2-16,18-30,53-59H2,1H3,(H2,60,75)(H,63,79)(H,65,77)(H,66,84)(H,67,76)(H,68,81)(H,69,82)(H,70,80)(H,71,83)(H,72,78)(H4,61,62,64)/b35-17-/t31?,32?,33-,34-,36?,37+,38?,39-,42-/m0/s1. The molecule has 0 radical (unpaired) electrons. The summed E-state index contributed by atoms with van der Waals surface area (Å²) < 4.78 is 0. The first-order valence-electron chi connectivity index (χ1n) is 29.2.